The van der Waals surface area contributed by atoms with Crippen molar-refractivity contribution in [2.45, 2.75) is 56.2 Å². The van der Waals surface area contributed by atoms with E-state index < -0.39 is 21.3 Å². The molecule has 0 radical (unpaired) electrons. The first kappa shape index (κ1) is 24.8. The van der Waals surface area contributed by atoms with Gasteiger partial charge in [-0.1, -0.05) is 6.92 Å². The number of Topliss-reactive ketones (excluding diaryl/α,β-unsaturated/α-hetero) is 1. The molecule has 3 heterocycles. The SMILES string of the molecule is CCOc1cncc(-c2ccc(CC(=O)[C@](F)(CC)c3ccnc(CS(=O)(=O)C4CC4)n3)nc2)n1. The Morgan fingerprint density at radius 3 is 2.57 bits per heavy atom. The zero-order chi connectivity index (χ0) is 25.1. The van der Waals surface area contributed by atoms with Crippen LogP contribution in [0.2, 0.25) is 0 Å². The number of alkyl halides is 1. The number of carbonyl (C=O) groups is 1. The number of carbonyl (C=O) groups excluding carboxylic acids is 1. The van der Waals surface area contributed by atoms with Gasteiger partial charge in [-0.3, -0.25) is 14.8 Å². The first-order valence-electron chi connectivity index (χ1n) is 11.4. The van der Waals surface area contributed by atoms with E-state index in [-0.39, 0.29) is 35.4 Å². The van der Waals surface area contributed by atoms with Gasteiger partial charge in [0, 0.05) is 23.7 Å². The van der Waals surface area contributed by atoms with E-state index in [0.29, 0.717) is 42.3 Å². The minimum Gasteiger partial charge on any atom is -0.477 e. The lowest BCUT2D eigenvalue weighted by molar-refractivity contribution is -0.131. The highest BCUT2D eigenvalue weighted by Crippen LogP contribution is 2.33. The quantitative estimate of drug-likeness (QED) is 0.391. The van der Waals surface area contributed by atoms with Crippen LogP contribution in [-0.4, -0.2) is 51.0 Å². The van der Waals surface area contributed by atoms with Gasteiger partial charge in [0.1, 0.15) is 11.6 Å². The lowest BCUT2D eigenvalue weighted by Crippen LogP contribution is -2.33. The summed E-state index contributed by atoms with van der Waals surface area (Å²) in [5.41, 5.74) is -0.910. The molecular formula is C24H26FN5O4S. The summed E-state index contributed by atoms with van der Waals surface area (Å²) in [5.74, 6) is -0.692. The first-order chi connectivity index (χ1) is 16.7. The van der Waals surface area contributed by atoms with Gasteiger partial charge in [0.15, 0.2) is 15.6 Å². The van der Waals surface area contributed by atoms with Gasteiger partial charge in [-0.15, -0.1) is 0 Å². The van der Waals surface area contributed by atoms with Crippen LogP contribution >= 0.6 is 0 Å². The zero-order valence-corrected chi connectivity index (χ0v) is 20.3. The van der Waals surface area contributed by atoms with E-state index in [2.05, 4.69) is 24.9 Å². The number of pyridine rings is 1. The topological polar surface area (TPSA) is 125 Å². The fraction of sp³-hybridized carbons (Fsp3) is 0.417. The molecule has 11 heteroatoms. The highest BCUT2D eigenvalue weighted by molar-refractivity contribution is 7.91. The maximum atomic E-state index is 15.9. The summed E-state index contributed by atoms with van der Waals surface area (Å²) >= 11 is 0. The fourth-order valence-corrected chi connectivity index (χ4v) is 5.21. The summed E-state index contributed by atoms with van der Waals surface area (Å²) in [6.45, 7) is 3.85. The number of aromatic nitrogens is 5. The van der Waals surface area contributed by atoms with Gasteiger partial charge in [0.05, 0.1) is 42.1 Å². The lowest BCUT2D eigenvalue weighted by Gasteiger charge is -2.22. The second kappa shape index (κ2) is 10.1. The number of rotatable bonds is 11. The molecule has 9 nitrogen and oxygen atoms in total. The molecule has 0 amide bonds. The maximum Gasteiger partial charge on any atom is 0.232 e. The van der Waals surface area contributed by atoms with Crippen LogP contribution < -0.4 is 4.74 Å². The Morgan fingerprint density at radius 1 is 1.11 bits per heavy atom. The number of hydrogen-bond acceptors (Lipinski definition) is 9. The van der Waals surface area contributed by atoms with Crippen LogP contribution in [-0.2, 0) is 32.5 Å². The van der Waals surface area contributed by atoms with Crippen molar-refractivity contribution in [2.75, 3.05) is 6.61 Å². The summed E-state index contributed by atoms with van der Waals surface area (Å²) in [7, 11) is -3.37. The molecule has 0 aliphatic heterocycles. The standard InChI is InChI=1S/C24H26FN5O4S/c1-3-24(25,20-9-10-27-22(30-20)15-35(32,33)18-7-8-18)21(31)11-17-6-5-16(12-28-17)19-13-26-14-23(29-19)34-4-2/h5-6,9-10,12-14,18H,3-4,7-8,11,15H2,1-2H3/t24-/m0/s1. The number of halogens is 1. The first-order valence-corrected chi connectivity index (χ1v) is 13.1. The predicted octanol–water partition coefficient (Wildman–Crippen LogP) is 3.19. The molecule has 0 saturated heterocycles. The van der Waals surface area contributed by atoms with Gasteiger partial charge in [0.25, 0.3) is 0 Å². The molecule has 1 atom stereocenters. The smallest absolute Gasteiger partial charge is 0.232 e. The largest absolute Gasteiger partial charge is 0.477 e. The highest BCUT2D eigenvalue weighted by atomic mass is 32.2. The van der Waals surface area contributed by atoms with Crippen LogP contribution in [0.1, 0.15) is 50.3 Å². The molecule has 0 bridgehead atoms. The summed E-state index contributed by atoms with van der Waals surface area (Å²) in [4.78, 5) is 33.9. The van der Waals surface area contributed by atoms with E-state index in [9.17, 15) is 13.2 Å². The average Bonchev–Trinajstić information content (AvgIpc) is 3.71. The van der Waals surface area contributed by atoms with Crippen LogP contribution in [0, 0.1) is 0 Å². The van der Waals surface area contributed by atoms with E-state index >= 15 is 4.39 Å². The molecular weight excluding hydrogens is 473 g/mol. The number of sulfone groups is 1. The van der Waals surface area contributed by atoms with Gasteiger partial charge >= 0.3 is 0 Å². The number of ketones is 1. The molecule has 1 aliphatic rings. The summed E-state index contributed by atoms with van der Waals surface area (Å²) in [5, 5.41) is -0.376. The summed E-state index contributed by atoms with van der Waals surface area (Å²) in [6, 6.07) is 4.67. The van der Waals surface area contributed by atoms with Crippen LogP contribution in [0.3, 0.4) is 0 Å². The molecule has 0 N–H and O–H groups in total. The van der Waals surface area contributed by atoms with Crippen molar-refractivity contribution in [3.05, 3.63) is 60.2 Å². The molecule has 1 aliphatic carbocycles. The van der Waals surface area contributed by atoms with Gasteiger partial charge in [0.2, 0.25) is 11.5 Å². The maximum absolute atomic E-state index is 15.9. The minimum atomic E-state index is -3.37. The van der Waals surface area contributed by atoms with Crippen LogP contribution in [0.4, 0.5) is 4.39 Å². The molecule has 4 rings (SSSR count). The van der Waals surface area contributed by atoms with E-state index in [1.807, 2.05) is 6.92 Å². The third-order valence-corrected chi connectivity index (χ3v) is 7.92. The number of nitrogens with zero attached hydrogens (tertiary/aromatic N) is 5. The molecule has 35 heavy (non-hydrogen) atoms. The van der Waals surface area contributed by atoms with Crippen molar-refractivity contribution in [1.29, 1.82) is 0 Å². The van der Waals surface area contributed by atoms with Crippen molar-refractivity contribution in [3.63, 3.8) is 0 Å². The monoisotopic (exact) mass is 499 g/mol. The Bertz CT molecular complexity index is 1320. The Morgan fingerprint density at radius 2 is 1.91 bits per heavy atom. The van der Waals surface area contributed by atoms with Crippen molar-refractivity contribution in [1.82, 2.24) is 24.9 Å². The van der Waals surface area contributed by atoms with E-state index in [0.717, 1.165) is 0 Å². The van der Waals surface area contributed by atoms with Crippen LogP contribution in [0.25, 0.3) is 11.3 Å². The van der Waals surface area contributed by atoms with Gasteiger partial charge in [-0.2, -0.15) is 0 Å². The van der Waals surface area contributed by atoms with Gasteiger partial charge in [-0.05, 0) is 44.4 Å². The second-order valence-electron chi connectivity index (χ2n) is 8.33. The van der Waals surface area contributed by atoms with Gasteiger partial charge in [-0.25, -0.2) is 27.8 Å². The third-order valence-electron chi connectivity index (χ3n) is 5.77. The second-order valence-corrected chi connectivity index (χ2v) is 10.6. The molecule has 0 aromatic carbocycles. The average molecular weight is 500 g/mol. The molecule has 1 saturated carbocycles. The molecule has 1 fully saturated rings. The molecule has 3 aromatic heterocycles. The van der Waals surface area contributed by atoms with Crippen LogP contribution in [0.5, 0.6) is 5.88 Å². The third kappa shape index (κ3) is 5.67. The molecule has 184 valence electrons. The van der Waals surface area contributed by atoms with E-state index in [1.165, 1.54) is 18.5 Å². The Hall–Kier alpha value is -3.34. The van der Waals surface area contributed by atoms with Crippen molar-refractivity contribution in [3.8, 4) is 17.1 Å². The highest BCUT2D eigenvalue weighted by Gasteiger charge is 2.41. The molecule has 3 aromatic rings. The normalized spacial score (nSPS) is 15.4. The predicted molar refractivity (Wildman–Crippen MR) is 126 cm³/mol. The Labute approximate surface area is 203 Å². The van der Waals surface area contributed by atoms with E-state index in [4.69, 9.17) is 4.74 Å². The fourth-order valence-electron chi connectivity index (χ4n) is 3.63. The van der Waals surface area contributed by atoms with Crippen molar-refractivity contribution < 1.29 is 22.3 Å². The Kier molecular flexibility index (Phi) is 7.15. The van der Waals surface area contributed by atoms with Crippen molar-refractivity contribution >= 4 is 15.6 Å². The minimum absolute atomic E-state index is 0.00412. The summed E-state index contributed by atoms with van der Waals surface area (Å²) < 4.78 is 45.9. The number of hydrogen-bond donors (Lipinski definition) is 0. The molecule has 0 unspecified atom stereocenters. The van der Waals surface area contributed by atoms with Gasteiger partial charge < -0.3 is 4.74 Å². The number of ether oxygens (including phenoxy) is 1. The zero-order valence-electron chi connectivity index (χ0n) is 19.5. The lowest BCUT2D eigenvalue weighted by atomic mass is 9.90. The van der Waals surface area contributed by atoms with Crippen molar-refractivity contribution in [2.24, 2.45) is 0 Å². The Balaban J connectivity index is 1.50. The van der Waals surface area contributed by atoms with E-state index in [1.54, 1.807) is 31.5 Å². The van der Waals surface area contributed by atoms with Crippen LogP contribution in [0.15, 0.2) is 43.0 Å². The molecule has 0 spiro atoms. The summed E-state index contributed by atoms with van der Waals surface area (Å²) in [6.07, 6.45) is 6.76.